The van der Waals surface area contributed by atoms with Crippen molar-refractivity contribution in [1.29, 1.82) is 0 Å². The predicted octanol–water partition coefficient (Wildman–Crippen LogP) is 20.9. The lowest BCUT2D eigenvalue weighted by Crippen LogP contribution is -2.30. The number of unbranched alkanes of at least 4 members (excludes halogenated alkanes) is 33. The monoisotopic (exact) mass is 1000 g/mol. The number of carbonyl (C=O) groups excluding carboxylic acids is 3. The van der Waals surface area contributed by atoms with E-state index in [0.717, 1.165) is 96.3 Å². The molecular formula is C66H116O6. The van der Waals surface area contributed by atoms with Crippen molar-refractivity contribution >= 4 is 17.9 Å². The van der Waals surface area contributed by atoms with E-state index in [1.54, 1.807) is 0 Å². The molecule has 0 N–H and O–H groups in total. The number of ether oxygens (including phenoxy) is 3. The molecule has 0 aliphatic heterocycles. The molecule has 72 heavy (non-hydrogen) atoms. The number of allylic oxidation sites excluding steroid dienone is 12. The van der Waals surface area contributed by atoms with Gasteiger partial charge in [-0.15, -0.1) is 0 Å². The second-order valence-electron chi connectivity index (χ2n) is 20.6. The van der Waals surface area contributed by atoms with Crippen LogP contribution in [0.3, 0.4) is 0 Å². The summed E-state index contributed by atoms with van der Waals surface area (Å²) in [5.41, 5.74) is 0. The molecule has 0 aromatic carbocycles. The fourth-order valence-corrected chi connectivity index (χ4v) is 8.78. The number of esters is 3. The summed E-state index contributed by atoms with van der Waals surface area (Å²) in [7, 11) is 0. The lowest BCUT2D eigenvalue weighted by atomic mass is 10.0. The van der Waals surface area contributed by atoms with E-state index in [4.69, 9.17) is 14.2 Å². The van der Waals surface area contributed by atoms with Crippen molar-refractivity contribution in [2.24, 2.45) is 0 Å². The van der Waals surface area contributed by atoms with Crippen LogP contribution in [0, 0.1) is 0 Å². The molecule has 0 rings (SSSR count). The maximum absolute atomic E-state index is 12.8. The van der Waals surface area contributed by atoms with Gasteiger partial charge in [-0.3, -0.25) is 14.4 Å². The fourth-order valence-electron chi connectivity index (χ4n) is 8.78. The molecule has 0 saturated carbocycles. The first-order valence-electron chi connectivity index (χ1n) is 30.9. The van der Waals surface area contributed by atoms with E-state index in [2.05, 4.69) is 93.7 Å². The highest BCUT2D eigenvalue weighted by molar-refractivity contribution is 5.71. The Morgan fingerprint density at radius 2 is 0.542 bits per heavy atom. The highest BCUT2D eigenvalue weighted by Crippen LogP contribution is 2.16. The van der Waals surface area contributed by atoms with Crippen molar-refractivity contribution in [3.63, 3.8) is 0 Å². The van der Waals surface area contributed by atoms with Crippen LogP contribution in [0.1, 0.15) is 310 Å². The molecule has 0 radical (unpaired) electrons. The summed E-state index contributed by atoms with van der Waals surface area (Å²) in [6, 6.07) is 0. The molecule has 0 aromatic heterocycles. The average molecular weight is 1010 g/mol. The molecule has 0 aliphatic rings. The van der Waals surface area contributed by atoms with Crippen LogP contribution >= 0.6 is 0 Å². The molecule has 1 atom stereocenters. The second-order valence-corrected chi connectivity index (χ2v) is 20.6. The molecule has 0 fully saturated rings. The van der Waals surface area contributed by atoms with Gasteiger partial charge in [-0.2, -0.15) is 0 Å². The lowest BCUT2D eigenvalue weighted by Gasteiger charge is -2.18. The number of rotatable bonds is 56. The summed E-state index contributed by atoms with van der Waals surface area (Å²) in [6.45, 7) is 6.48. The van der Waals surface area contributed by atoms with Crippen molar-refractivity contribution in [3.8, 4) is 0 Å². The minimum atomic E-state index is -0.792. The van der Waals surface area contributed by atoms with Crippen molar-refractivity contribution < 1.29 is 28.6 Å². The van der Waals surface area contributed by atoms with E-state index in [1.807, 2.05) is 0 Å². The smallest absolute Gasteiger partial charge is 0.306 e. The summed E-state index contributed by atoms with van der Waals surface area (Å²) in [5, 5.41) is 0. The molecule has 0 aliphatic carbocycles. The standard InChI is InChI=1S/C66H116O6/c1-4-7-10-13-16-19-22-25-26-27-28-29-30-31-32-33-34-35-36-37-38-39-40-42-44-47-50-53-56-59-65(68)71-62-63(61-70-64(67)58-55-52-49-46-43-24-21-18-15-12-9-6-3)72-66(69)60-57-54-51-48-45-41-23-20-17-14-11-8-5-2/h8,11,17-18,20-22,25,27-28,41,45,63H,4-7,9-10,12-16,19,23-24,26,29-40,42-44,46-62H2,1-3H3/b11-8-,20-17-,21-18-,25-22-,28-27-,45-41-. The quantitative estimate of drug-likeness (QED) is 0.0261. The zero-order chi connectivity index (χ0) is 52.2. The third-order valence-electron chi connectivity index (χ3n) is 13.4. The average Bonchev–Trinajstić information content (AvgIpc) is 3.38. The number of hydrogen-bond donors (Lipinski definition) is 0. The molecule has 6 heteroatoms. The Morgan fingerprint density at radius 3 is 0.903 bits per heavy atom. The first-order chi connectivity index (χ1) is 35.5. The van der Waals surface area contributed by atoms with Gasteiger partial charge in [-0.25, -0.2) is 0 Å². The Bertz CT molecular complexity index is 1340. The van der Waals surface area contributed by atoms with Gasteiger partial charge in [0.2, 0.25) is 0 Å². The predicted molar refractivity (Wildman–Crippen MR) is 311 cm³/mol. The first-order valence-corrected chi connectivity index (χ1v) is 30.9. The third-order valence-corrected chi connectivity index (χ3v) is 13.4. The Hall–Kier alpha value is -3.15. The molecule has 6 nitrogen and oxygen atoms in total. The van der Waals surface area contributed by atoms with Crippen LogP contribution in [0.15, 0.2) is 72.9 Å². The number of carbonyl (C=O) groups is 3. The van der Waals surface area contributed by atoms with Crippen LogP contribution in [0.5, 0.6) is 0 Å². The van der Waals surface area contributed by atoms with E-state index >= 15 is 0 Å². The van der Waals surface area contributed by atoms with Crippen molar-refractivity contribution in [2.75, 3.05) is 13.2 Å². The summed E-state index contributed by atoms with van der Waals surface area (Å²) >= 11 is 0. The molecule has 416 valence electrons. The van der Waals surface area contributed by atoms with Crippen LogP contribution in [0.2, 0.25) is 0 Å². The van der Waals surface area contributed by atoms with Crippen LogP contribution < -0.4 is 0 Å². The molecule has 0 aromatic rings. The van der Waals surface area contributed by atoms with Gasteiger partial charge in [0.1, 0.15) is 13.2 Å². The van der Waals surface area contributed by atoms with Crippen LogP contribution in [-0.2, 0) is 28.6 Å². The number of hydrogen-bond acceptors (Lipinski definition) is 6. The van der Waals surface area contributed by atoms with Gasteiger partial charge < -0.3 is 14.2 Å². The van der Waals surface area contributed by atoms with Gasteiger partial charge in [0.15, 0.2) is 6.10 Å². The maximum atomic E-state index is 12.8. The van der Waals surface area contributed by atoms with E-state index < -0.39 is 6.10 Å². The van der Waals surface area contributed by atoms with Gasteiger partial charge in [0.25, 0.3) is 0 Å². The zero-order valence-electron chi connectivity index (χ0n) is 47.7. The maximum Gasteiger partial charge on any atom is 0.306 e. The lowest BCUT2D eigenvalue weighted by molar-refractivity contribution is -0.167. The molecule has 1 unspecified atom stereocenters. The normalized spacial score (nSPS) is 12.5. The molecule has 0 heterocycles. The molecule has 0 saturated heterocycles. The summed E-state index contributed by atoms with van der Waals surface area (Å²) in [5.74, 6) is -0.918. The third kappa shape index (κ3) is 57.7. The van der Waals surface area contributed by atoms with Gasteiger partial charge in [0.05, 0.1) is 0 Å². The van der Waals surface area contributed by atoms with Crippen molar-refractivity contribution in [2.45, 2.75) is 316 Å². The minimum Gasteiger partial charge on any atom is -0.462 e. The van der Waals surface area contributed by atoms with Gasteiger partial charge in [-0.1, -0.05) is 254 Å². The highest BCUT2D eigenvalue weighted by Gasteiger charge is 2.19. The van der Waals surface area contributed by atoms with E-state index in [9.17, 15) is 14.4 Å². The SMILES string of the molecule is CC/C=C\C/C=C\C/C=C\CCCCCC(=O)OC(COC(=O)CCCCCCC/C=C\CCCCC)COC(=O)CCCCCCCCCCCCCCCCCCC/C=C\C/C=C\CCCCCCC. The summed E-state index contributed by atoms with van der Waals surface area (Å²) in [4.78, 5) is 38.1. The van der Waals surface area contributed by atoms with E-state index in [0.29, 0.717) is 19.3 Å². The zero-order valence-corrected chi connectivity index (χ0v) is 47.7. The Balaban J connectivity index is 4.16. The van der Waals surface area contributed by atoms with Gasteiger partial charge in [0, 0.05) is 19.3 Å². The first kappa shape index (κ1) is 68.8. The van der Waals surface area contributed by atoms with Crippen LogP contribution in [0.4, 0.5) is 0 Å². The van der Waals surface area contributed by atoms with Crippen LogP contribution in [-0.4, -0.2) is 37.2 Å². The van der Waals surface area contributed by atoms with Gasteiger partial charge >= 0.3 is 17.9 Å². The Morgan fingerprint density at radius 1 is 0.292 bits per heavy atom. The topological polar surface area (TPSA) is 78.9 Å². The molecule has 0 bridgehead atoms. The van der Waals surface area contributed by atoms with E-state index in [-0.39, 0.29) is 31.1 Å². The summed E-state index contributed by atoms with van der Waals surface area (Å²) < 4.78 is 16.8. The molecule has 0 amide bonds. The van der Waals surface area contributed by atoms with E-state index in [1.165, 1.54) is 173 Å². The van der Waals surface area contributed by atoms with Crippen LogP contribution in [0.25, 0.3) is 0 Å². The highest BCUT2D eigenvalue weighted by atomic mass is 16.6. The Labute approximate surface area is 446 Å². The minimum absolute atomic E-state index is 0.0880. The van der Waals surface area contributed by atoms with Gasteiger partial charge in [-0.05, 0) is 109 Å². The van der Waals surface area contributed by atoms with Crippen molar-refractivity contribution in [1.82, 2.24) is 0 Å². The summed E-state index contributed by atoms with van der Waals surface area (Å²) in [6.07, 6.45) is 77.8. The van der Waals surface area contributed by atoms with Crippen molar-refractivity contribution in [3.05, 3.63) is 72.9 Å². The molecule has 0 spiro atoms. The fraction of sp³-hybridized carbons (Fsp3) is 0.773. The largest absolute Gasteiger partial charge is 0.462 e. The Kier molecular flexibility index (Phi) is 57.8. The molecular weight excluding hydrogens is 889 g/mol. The second kappa shape index (κ2) is 60.4.